The number of rotatable bonds is 1. The standard InChI is InChI=1S/C12H13N3O/c13-6-7-15-11-5-4-10(14)8-9(11)2-1-3-12(15)16/h4-5,8H,1-3,7,14H2. The highest BCUT2D eigenvalue weighted by molar-refractivity contribution is 5.95. The molecule has 1 amide bonds. The number of hydrogen-bond donors (Lipinski definition) is 1. The Morgan fingerprint density at radius 1 is 1.44 bits per heavy atom. The van der Waals surface area contributed by atoms with Gasteiger partial charge < -0.3 is 5.73 Å². The maximum absolute atomic E-state index is 11.8. The molecule has 1 aliphatic heterocycles. The fourth-order valence-electron chi connectivity index (χ4n) is 2.01. The van der Waals surface area contributed by atoms with Crippen LogP contribution in [-0.4, -0.2) is 12.5 Å². The molecule has 82 valence electrons. The van der Waals surface area contributed by atoms with Crippen molar-refractivity contribution < 1.29 is 4.79 Å². The molecule has 4 heteroatoms. The summed E-state index contributed by atoms with van der Waals surface area (Å²) in [6.45, 7) is 0.107. The molecule has 0 saturated carbocycles. The van der Waals surface area contributed by atoms with E-state index in [0.717, 1.165) is 24.1 Å². The van der Waals surface area contributed by atoms with Crippen molar-refractivity contribution in [3.63, 3.8) is 0 Å². The van der Waals surface area contributed by atoms with Gasteiger partial charge in [0.15, 0.2) is 0 Å². The zero-order valence-electron chi connectivity index (χ0n) is 8.94. The minimum atomic E-state index is 0.0186. The summed E-state index contributed by atoms with van der Waals surface area (Å²) in [5.74, 6) is 0.0186. The number of amides is 1. The van der Waals surface area contributed by atoms with Crippen LogP contribution in [0.1, 0.15) is 18.4 Å². The lowest BCUT2D eigenvalue weighted by Gasteiger charge is -2.19. The summed E-state index contributed by atoms with van der Waals surface area (Å²) in [4.78, 5) is 13.3. The van der Waals surface area contributed by atoms with E-state index in [4.69, 9.17) is 11.0 Å². The molecule has 1 heterocycles. The summed E-state index contributed by atoms with van der Waals surface area (Å²) in [7, 11) is 0. The molecule has 2 rings (SSSR count). The third-order valence-electron chi connectivity index (χ3n) is 2.76. The largest absolute Gasteiger partial charge is 0.399 e. The number of nitriles is 1. The van der Waals surface area contributed by atoms with Gasteiger partial charge in [-0.1, -0.05) is 0 Å². The molecule has 0 unspecified atom stereocenters. The Morgan fingerprint density at radius 3 is 3.00 bits per heavy atom. The first-order valence-corrected chi connectivity index (χ1v) is 5.28. The fraction of sp³-hybridized carbons (Fsp3) is 0.333. The molecular formula is C12H13N3O. The lowest BCUT2D eigenvalue weighted by molar-refractivity contribution is -0.118. The van der Waals surface area contributed by atoms with E-state index in [-0.39, 0.29) is 12.5 Å². The summed E-state index contributed by atoms with van der Waals surface area (Å²) < 4.78 is 0. The molecule has 1 aliphatic rings. The van der Waals surface area contributed by atoms with Gasteiger partial charge in [0, 0.05) is 17.8 Å². The number of nitrogens with zero attached hydrogens (tertiary/aromatic N) is 2. The van der Waals surface area contributed by atoms with Gasteiger partial charge in [0.25, 0.3) is 0 Å². The fourth-order valence-corrected chi connectivity index (χ4v) is 2.01. The third kappa shape index (κ3) is 1.84. The van der Waals surface area contributed by atoms with Crippen molar-refractivity contribution in [2.75, 3.05) is 17.2 Å². The van der Waals surface area contributed by atoms with E-state index in [1.807, 2.05) is 18.2 Å². The second-order valence-corrected chi connectivity index (χ2v) is 3.88. The van der Waals surface area contributed by atoms with Gasteiger partial charge in [-0.2, -0.15) is 5.26 Å². The topological polar surface area (TPSA) is 70.1 Å². The predicted octanol–water partition coefficient (Wildman–Crippen LogP) is 1.46. The molecule has 4 nitrogen and oxygen atoms in total. The number of anilines is 2. The van der Waals surface area contributed by atoms with Crippen LogP contribution < -0.4 is 10.6 Å². The average Bonchev–Trinajstić information content (AvgIpc) is 2.40. The van der Waals surface area contributed by atoms with Gasteiger partial charge in [-0.05, 0) is 36.6 Å². The number of carbonyl (C=O) groups is 1. The van der Waals surface area contributed by atoms with E-state index < -0.39 is 0 Å². The summed E-state index contributed by atoms with van der Waals surface area (Å²) in [6.07, 6.45) is 2.15. The zero-order valence-corrected chi connectivity index (χ0v) is 8.94. The van der Waals surface area contributed by atoms with E-state index in [2.05, 4.69) is 0 Å². The van der Waals surface area contributed by atoms with E-state index in [1.54, 1.807) is 11.0 Å². The number of hydrogen-bond acceptors (Lipinski definition) is 3. The Balaban J connectivity index is 2.46. The Bertz CT molecular complexity index is 462. The van der Waals surface area contributed by atoms with E-state index in [9.17, 15) is 4.79 Å². The van der Waals surface area contributed by atoms with Gasteiger partial charge in [-0.15, -0.1) is 0 Å². The van der Waals surface area contributed by atoms with Crippen molar-refractivity contribution in [2.45, 2.75) is 19.3 Å². The van der Waals surface area contributed by atoms with Gasteiger partial charge in [-0.3, -0.25) is 9.69 Å². The van der Waals surface area contributed by atoms with Crippen LogP contribution >= 0.6 is 0 Å². The molecular weight excluding hydrogens is 202 g/mol. The number of aryl methyl sites for hydroxylation is 1. The SMILES string of the molecule is N#CCN1C(=O)CCCc2cc(N)ccc21. The second kappa shape index (κ2) is 4.23. The Labute approximate surface area is 94.3 Å². The first kappa shape index (κ1) is 10.5. The highest BCUT2D eigenvalue weighted by Crippen LogP contribution is 2.28. The molecule has 0 fully saturated rings. The average molecular weight is 215 g/mol. The summed E-state index contributed by atoms with van der Waals surface area (Å²) in [5.41, 5.74) is 8.31. The van der Waals surface area contributed by atoms with Crippen LogP contribution in [0.15, 0.2) is 18.2 Å². The Hall–Kier alpha value is -2.02. The molecule has 0 aromatic heterocycles. The predicted molar refractivity (Wildman–Crippen MR) is 61.8 cm³/mol. The van der Waals surface area contributed by atoms with Crippen molar-refractivity contribution in [1.29, 1.82) is 5.26 Å². The molecule has 1 aromatic carbocycles. The molecule has 0 spiro atoms. The number of carbonyl (C=O) groups excluding carboxylic acids is 1. The molecule has 16 heavy (non-hydrogen) atoms. The lowest BCUT2D eigenvalue weighted by atomic mass is 10.1. The van der Waals surface area contributed by atoms with Gasteiger partial charge in [0.05, 0.1) is 6.07 Å². The first-order valence-electron chi connectivity index (χ1n) is 5.28. The van der Waals surface area contributed by atoms with Gasteiger partial charge in [0.2, 0.25) is 5.91 Å². The van der Waals surface area contributed by atoms with E-state index in [0.29, 0.717) is 12.1 Å². The zero-order chi connectivity index (χ0) is 11.5. The number of fused-ring (bicyclic) bond motifs is 1. The minimum absolute atomic E-state index is 0.0186. The van der Waals surface area contributed by atoms with Crippen LogP contribution in [0.3, 0.4) is 0 Å². The second-order valence-electron chi connectivity index (χ2n) is 3.88. The highest BCUT2D eigenvalue weighted by atomic mass is 16.2. The van der Waals surface area contributed by atoms with E-state index in [1.165, 1.54) is 0 Å². The van der Waals surface area contributed by atoms with Crippen LogP contribution in [0.2, 0.25) is 0 Å². The van der Waals surface area contributed by atoms with Crippen LogP contribution in [-0.2, 0) is 11.2 Å². The van der Waals surface area contributed by atoms with Crippen LogP contribution in [0, 0.1) is 11.3 Å². The quantitative estimate of drug-likeness (QED) is 0.569. The van der Waals surface area contributed by atoms with Gasteiger partial charge in [0.1, 0.15) is 6.54 Å². The van der Waals surface area contributed by atoms with Crippen LogP contribution in [0.5, 0.6) is 0 Å². The van der Waals surface area contributed by atoms with Crippen molar-refractivity contribution in [1.82, 2.24) is 0 Å². The highest BCUT2D eigenvalue weighted by Gasteiger charge is 2.21. The molecule has 2 N–H and O–H groups in total. The maximum atomic E-state index is 11.8. The Morgan fingerprint density at radius 2 is 2.25 bits per heavy atom. The summed E-state index contributed by atoms with van der Waals surface area (Å²) >= 11 is 0. The monoisotopic (exact) mass is 215 g/mol. The molecule has 0 radical (unpaired) electrons. The van der Waals surface area contributed by atoms with Crippen LogP contribution in [0.25, 0.3) is 0 Å². The number of benzene rings is 1. The van der Waals surface area contributed by atoms with E-state index >= 15 is 0 Å². The number of nitrogens with two attached hydrogens (primary N) is 1. The van der Waals surface area contributed by atoms with Crippen molar-refractivity contribution in [3.8, 4) is 6.07 Å². The van der Waals surface area contributed by atoms with Gasteiger partial charge >= 0.3 is 0 Å². The van der Waals surface area contributed by atoms with Crippen molar-refractivity contribution in [2.24, 2.45) is 0 Å². The summed E-state index contributed by atoms with van der Waals surface area (Å²) in [6, 6.07) is 7.50. The normalized spacial score (nSPS) is 15.2. The smallest absolute Gasteiger partial charge is 0.227 e. The Kier molecular flexibility index (Phi) is 2.78. The van der Waals surface area contributed by atoms with Crippen molar-refractivity contribution >= 4 is 17.3 Å². The maximum Gasteiger partial charge on any atom is 0.227 e. The lowest BCUT2D eigenvalue weighted by Crippen LogP contribution is -2.30. The molecule has 0 saturated heterocycles. The third-order valence-corrected chi connectivity index (χ3v) is 2.76. The minimum Gasteiger partial charge on any atom is -0.399 e. The van der Waals surface area contributed by atoms with Crippen molar-refractivity contribution in [3.05, 3.63) is 23.8 Å². The molecule has 0 bridgehead atoms. The van der Waals surface area contributed by atoms with Crippen LogP contribution in [0.4, 0.5) is 11.4 Å². The molecule has 0 aliphatic carbocycles. The molecule has 0 atom stereocenters. The number of nitrogen functional groups attached to an aromatic ring is 1. The summed E-state index contributed by atoms with van der Waals surface area (Å²) in [5, 5.41) is 8.74. The molecule has 1 aromatic rings. The first-order chi connectivity index (χ1) is 7.72. The van der Waals surface area contributed by atoms with Gasteiger partial charge in [-0.25, -0.2) is 0 Å².